The van der Waals surface area contributed by atoms with Gasteiger partial charge < -0.3 is 4.74 Å². The summed E-state index contributed by atoms with van der Waals surface area (Å²) < 4.78 is 4.69. The number of hydrogen-bond donors (Lipinski definition) is 1. The molecular weight excluding hydrogens is 349 g/mol. The van der Waals surface area contributed by atoms with E-state index in [-0.39, 0.29) is 30.2 Å². The van der Waals surface area contributed by atoms with Crippen LogP contribution >= 0.6 is 24.0 Å². The molecule has 4 nitrogen and oxygen atoms in total. The van der Waals surface area contributed by atoms with Crippen LogP contribution in [0.1, 0.15) is 51.0 Å². The zero-order chi connectivity index (χ0) is 16.9. The van der Waals surface area contributed by atoms with E-state index < -0.39 is 5.54 Å². The molecule has 1 saturated carbocycles. The summed E-state index contributed by atoms with van der Waals surface area (Å²) in [5.74, 6) is -0.0535. The second kappa shape index (κ2) is 9.40. The number of ether oxygens (including phenoxy) is 1. The maximum atomic E-state index is 12.8. The molecule has 1 aliphatic rings. The van der Waals surface area contributed by atoms with Crippen LogP contribution in [-0.2, 0) is 19.9 Å². The predicted molar refractivity (Wildman–Crippen MR) is 97.7 cm³/mol. The van der Waals surface area contributed by atoms with Gasteiger partial charge in [0, 0.05) is 23.9 Å². The highest BCUT2D eigenvalue weighted by Crippen LogP contribution is 2.38. The lowest BCUT2D eigenvalue weighted by Crippen LogP contribution is -2.54. The number of carbonyl (C=O) groups excluding carboxylic acids is 2. The first-order valence-corrected chi connectivity index (χ1v) is 8.50. The Bertz CT molecular complexity index is 579. The fraction of sp³-hybridized carbons (Fsp3) is 0.556. The smallest absolute Gasteiger partial charge is 0.305 e. The quantitative estimate of drug-likeness (QED) is 0.764. The Morgan fingerprint density at radius 2 is 2.08 bits per heavy atom. The third kappa shape index (κ3) is 4.71. The summed E-state index contributed by atoms with van der Waals surface area (Å²) in [6, 6.07) is 7.53. The van der Waals surface area contributed by atoms with Crippen molar-refractivity contribution >= 4 is 35.8 Å². The number of rotatable bonds is 6. The Morgan fingerprint density at radius 1 is 1.38 bits per heavy atom. The van der Waals surface area contributed by atoms with E-state index in [1.54, 1.807) is 0 Å². The Balaban J connectivity index is 0.00000288. The second-order valence-corrected chi connectivity index (χ2v) is 6.58. The number of ketones is 1. The van der Waals surface area contributed by atoms with Crippen LogP contribution in [0, 0.1) is 0 Å². The molecule has 2 unspecified atom stereocenters. The summed E-state index contributed by atoms with van der Waals surface area (Å²) in [4.78, 5) is 24.1. The molecule has 1 aromatic carbocycles. The van der Waals surface area contributed by atoms with E-state index >= 15 is 0 Å². The molecule has 1 aromatic rings. The number of benzene rings is 1. The Labute approximate surface area is 154 Å². The summed E-state index contributed by atoms with van der Waals surface area (Å²) in [5, 5.41) is 4.08. The van der Waals surface area contributed by atoms with Crippen LogP contribution in [-0.4, -0.2) is 24.9 Å². The Hall–Kier alpha value is -1.10. The highest BCUT2D eigenvalue weighted by Gasteiger charge is 2.43. The van der Waals surface area contributed by atoms with Crippen molar-refractivity contribution in [1.82, 2.24) is 5.32 Å². The number of carbonyl (C=O) groups is 2. The lowest BCUT2D eigenvalue weighted by molar-refractivity contribution is -0.140. The summed E-state index contributed by atoms with van der Waals surface area (Å²) in [6.45, 7) is 1.99. The number of halogens is 2. The van der Waals surface area contributed by atoms with Crippen LogP contribution < -0.4 is 5.32 Å². The molecule has 24 heavy (non-hydrogen) atoms. The number of Topliss-reactive ketones (excluding diaryl/α,β-unsaturated/α-hetero) is 1. The minimum Gasteiger partial charge on any atom is -0.469 e. The van der Waals surface area contributed by atoms with Crippen molar-refractivity contribution in [2.75, 3.05) is 7.11 Å². The van der Waals surface area contributed by atoms with Gasteiger partial charge in [-0.3, -0.25) is 14.9 Å². The monoisotopic (exact) mass is 373 g/mol. The van der Waals surface area contributed by atoms with Crippen molar-refractivity contribution in [2.45, 2.75) is 57.0 Å². The number of hydrogen-bond acceptors (Lipinski definition) is 4. The van der Waals surface area contributed by atoms with Gasteiger partial charge in [-0.25, -0.2) is 0 Å². The molecule has 0 bridgehead atoms. The minimum absolute atomic E-state index is 0. The Kier molecular flexibility index (Phi) is 8.20. The maximum Gasteiger partial charge on any atom is 0.305 e. The molecule has 134 valence electrons. The molecule has 0 spiro atoms. The van der Waals surface area contributed by atoms with Gasteiger partial charge in [-0.1, -0.05) is 36.2 Å². The highest BCUT2D eigenvalue weighted by molar-refractivity contribution is 6.31. The van der Waals surface area contributed by atoms with Gasteiger partial charge in [0.2, 0.25) is 0 Å². The molecular formula is C18H25Cl2NO3. The number of nitrogens with one attached hydrogen (secondary N) is 1. The van der Waals surface area contributed by atoms with Crippen LogP contribution in [0.25, 0.3) is 0 Å². The van der Waals surface area contributed by atoms with E-state index in [4.69, 9.17) is 11.6 Å². The third-order valence-corrected chi connectivity index (χ3v) is 4.85. The molecule has 0 radical (unpaired) electrons. The summed E-state index contributed by atoms with van der Waals surface area (Å²) in [6.07, 6.45) is 4.14. The molecule has 0 amide bonds. The van der Waals surface area contributed by atoms with E-state index in [1.807, 2.05) is 31.2 Å². The van der Waals surface area contributed by atoms with Gasteiger partial charge in [0.15, 0.2) is 5.78 Å². The van der Waals surface area contributed by atoms with Crippen molar-refractivity contribution in [1.29, 1.82) is 0 Å². The first kappa shape index (κ1) is 20.9. The summed E-state index contributed by atoms with van der Waals surface area (Å²) in [5.41, 5.74) is 0.0999. The SMILES string of the molecule is COC(=O)CCC(C)NC1(c2ccccc2Cl)CCCCC1=O.Cl. The maximum absolute atomic E-state index is 12.8. The zero-order valence-corrected chi connectivity index (χ0v) is 15.7. The van der Waals surface area contributed by atoms with Gasteiger partial charge in [-0.2, -0.15) is 0 Å². The lowest BCUT2D eigenvalue weighted by atomic mass is 9.75. The van der Waals surface area contributed by atoms with E-state index in [0.717, 1.165) is 24.8 Å². The van der Waals surface area contributed by atoms with Gasteiger partial charge >= 0.3 is 5.97 Å². The third-order valence-electron chi connectivity index (χ3n) is 4.52. The molecule has 2 atom stereocenters. The molecule has 6 heteroatoms. The van der Waals surface area contributed by atoms with Crippen molar-refractivity contribution < 1.29 is 14.3 Å². The van der Waals surface area contributed by atoms with Gasteiger partial charge in [0.25, 0.3) is 0 Å². The van der Waals surface area contributed by atoms with E-state index in [9.17, 15) is 9.59 Å². The first-order valence-electron chi connectivity index (χ1n) is 8.12. The van der Waals surface area contributed by atoms with Crippen molar-refractivity contribution in [2.24, 2.45) is 0 Å². The summed E-state index contributed by atoms with van der Waals surface area (Å²) >= 11 is 6.38. The van der Waals surface area contributed by atoms with E-state index in [0.29, 0.717) is 24.3 Å². The molecule has 0 aromatic heterocycles. The predicted octanol–water partition coefficient (Wildman–Crippen LogP) is 4.03. The van der Waals surface area contributed by atoms with Gasteiger partial charge in [-0.15, -0.1) is 12.4 Å². The minimum atomic E-state index is -0.744. The van der Waals surface area contributed by atoms with Gasteiger partial charge in [-0.05, 0) is 37.8 Å². The fourth-order valence-corrected chi connectivity index (χ4v) is 3.58. The van der Waals surface area contributed by atoms with Crippen LogP contribution in [0.4, 0.5) is 0 Å². The summed E-state index contributed by atoms with van der Waals surface area (Å²) in [7, 11) is 1.39. The van der Waals surface area contributed by atoms with Crippen LogP contribution in [0.2, 0.25) is 5.02 Å². The van der Waals surface area contributed by atoms with E-state index in [2.05, 4.69) is 10.1 Å². The van der Waals surface area contributed by atoms with Crippen molar-refractivity contribution in [3.05, 3.63) is 34.9 Å². The number of esters is 1. The van der Waals surface area contributed by atoms with Crippen LogP contribution in [0.3, 0.4) is 0 Å². The molecule has 1 fully saturated rings. The van der Waals surface area contributed by atoms with Crippen LogP contribution in [0.5, 0.6) is 0 Å². The fourth-order valence-electron chi connectivity index (χ4n) is 3.28. The van der Waals surface area contributed by atoms with Gasteiger partial charge in [0.05, 0.1) is 7.11 Å². The zero-order valence-electron chi connectivity index (χ0n) is 14.1. The molecule has 1 aliphatic carbocycles. The lowest BCUT2D eigenvalue weighted by Gasteiger charge is -2.40. The second-order valence-electron chi connectivity index (χ2n) is 6.18. The molecule has 0 aliphatic heterocycles. The topological polar surface area (TPSA) is 55.4 Å². The molecule has 2 rings (SSSR count). The number of methoxy groups -OCH3 is 1. The van der Waals surface area contributed by atoms with E-state index in [1.165, 1.54) is 7.11 Å². The molecule has 0 heterocycles. The molecule has 1 N–H and O–H groups in total. The van der Waals surface area contributed by atoms with Crippen molar-refractivity contribution in [3.8, 4) is 0 Å². The van der Waals surface area contributed by atoms with Crippen LogP contribution in [0.15, 0.2) is 24.3 Å². The average Bonchev–Trinajstić information content (AvgIpc) is 2.55. The normalized spacial score (nSPS) is 21.7. The molecule has 0 saturated heterocycles. The average molecular weight is 374 g/mol. The Morgan fingerprint density at radius 3 is 2.71 bits per heavy atom. The highest BCUT2D eigenvalue weighted by atomic mass is 35.5. The standard InChI is InChI=1S/C18H24ClNO3.ClH/c1-13(10-11-17(22)23-2)20-18(12-6-5-9-16(18)21)14-7-3-4-8-15(14)19;/h3-4,7-8,13,20H,5-6,9-12H2,1-2H3;1H. The van der Waals surface area contributed by atoms with Crippen molar-refractivity contribution in [3.63, 3.8) is 0 Å². The largest absolute Gasteiger partial charge is 0.469 e. The first-order chi connectivity index (χ1) is 11.0. The van der Waals surface area contributed by atoms with Gasteiger partial charge in [0.1, 0.15) is 5.54 Å².